The first-order valence-corrected chi connectivity index (χ1v) is 40.3. The molecular formula is C72H132O12Sn. The van der Waals surface area contributed by atoms with E-state index in [0.29, 0.717) is 51.4 Å². The zero-order valence-electron chi connectivity index (χ0n) is 55.3. The van der Waals surface area contributed by atoms with Gasteiger partial charge in [-0.1, -0.05) is 130 Å². The topological polar surface area (TPSA) is 186 Å². The van der Waals surface area contributed by atoms with Crippen LogP contribution in [-0.2, 0) is 31.5 Å². The van der Waals surface area contributed by atoms with Gasteiger partial charge in [0.05, 0.1) is 24.4 Å². The maximum atomic E-state index is 13.7. The van der Waals surface area contributed by atoms with E-state index in [1.165, 1.54) is 77.0 Å². The van der Waals surface area contributed by atoms with Crippen LogP contribution in [0.1, 0.15) is 362 Å². The Bertz CT molecular complexity index is 1410. The van der Waals surface area contributed by atoms with Crippen LogP contribution >= 0.6 is 0 Å². The Morgan fingerprint density at radius 1 is 0.271 bits per heavy atom. The Hall–Kier alpha value is -2.52. The molecule has 0 unspecified atom stereocenters. The molecule has 0 fully saturated rings. The second kappa shape index (κ2) is 63.1. The molecule has 0 rings (SSSR count). The van der Waals surface area contributed by atoms with Gasteiger partial charge < -0.3 is 20.4 Å². The molecule has 0 aromatic heterocycles. The Morgan fingerprint density at radius 3 is 0.671 bits per heavy atom. The van der Waals surface area contributed by atoms with Gasteiger partial charge in [0.15, 0.2) is 0 Å². The summed E-state index contributed by atoms with van der Waals surface area (Å²) in [6, 6.07) is 0. The second-order valence-electron chi connectivity index (χ2n) is 24.5. The van der Waals surface area contributed by atoms with Crippen LogP contribution in [0.5, 0.6) is 0 Å². The standard InChI is InChI=1S/4C18H34O3.Sn/c4*1-2-3-4-11-14-17(19)15-12-9-7-5-6-8-10-13-16-18(20)21;/h4*9,12,17,19H,2-8,10-11,13-16H2,1H3,(H,20,21);/q;;;;+4/p-4/b4*12-9-;/t4*17-;/m1111./s1. The van der Waals surface area contributed by atoms with Crippen molar-refractivity contribution in [1.82, 2.24) is 0 Å². The molecule has 0 aromatic carbocycles. The van der Waals surface area contributed by atoms with Gasteiger partial charge in [0.25, 0.3) is 0 Å². The van der Waals surface area contributed by atoms with Crippen LogP contribution in [0.2, 0.25) is 0 Å². The van der Waals surface area contributed by atoms with E-state index in [0.717, 1.165) is 180 Å². The van der Waals surface area contributed by atoms with Crippen LogP contribution < -0.4 is 0 Å². The number of aliphatic hydroxyl groups excluding tert-OH is 4. The second-order valence-corrected chi connectivity index (χ2v) is 29.6. The molecule has 4 N–H and O–H groups in total. The van der Waals surface area contributed by atoms with Crippen molar-refractivity contribution in [1.29, 1.82) is 0 Å². The van der Waals surface area contributed by atoms with Gasteiger partial charge in [-0.05, 0) is 25.7 Å². The number of hydrogen-bond donors (Lipinski definition) is 4. The minimum Gasteiger partial charge on any atom is -0.393 e. The number of aliphatic hydroxyl groups is 4. The fraction of sp³-hybridized carbons (Fsp3) is 0.833. The molecule has 0 saturated heterocycles. The number of carbonyl (C=O) groups is 4. The van der Waals surface area contributed by atoms with E-state index < -0.39 is 43.9 Å². The van der Waals surface area contributed by atoms with Crippen LogP contribution in [0.25, 0.3) is 0 Å². The Balaban J connectivity index is 5.72. The fourth-order valence-corrected chi connectivity index (χ4v) is 15.4. The van der Waals surface area contributed by atoms with Crippen molar-refractivity contribution in [2.75, 3.05) is 0 Å². The molecule has 0 aliphatic heterocycles. The quantitative estimate of drug-likeness (QED) is 0.0257. The predicted molar refractivity (Wildman–Crippen MR) is 353 cm³/mol. The van der Waals surface area contributed by atoms with Crippen LogP contribution in [0.3, 0.4) is 0 Å². The first kappa shape index (κ1) is 82.5. The van der Waals surface area contributed by atoms with Gasteiger partial charge in [0.2, 0.25) is 0 Å². The van der Waals surface area contributed by atoms with Gasteiger partial charge in [0, 0.05) is 0 Å². The van der Waals surface area contributed by atoms with E-state index in [-0.39, 0.29) is 50.1 Å². The number of hydrogen-bond acceptors (Lipinski definition) is 12. The van der Waals surface area contributed by atoms with Gasteiger partial charge >= 0.3 is 329 Å². The zero-order chi connectivity index (χ0) is 62.4. The van der Waals surface area contributed by atoms with E-state index in [1.807, 2.05) is 0 Å². The number of carbonyl (C=O) groups excluding carboxylic acids is 4. The van der Waals surface area contributed by atoms with Crippen LogP contribution in [-0.4, -0.2) is 88.8 Å². The number of unbranched alkanes of at least 4 members (excludes halogenated alkanes) is 32. The summed E-state index contributed by atoms with van der Waals surface area (Å²) < 4.78 is 23.7. The van der Waals surface area contributed by atoms with Gasteiger partial charge in [0.1, 0.15) is 0 Å². The van der Waals surface area contributed by atoms with Gasteiger partial charge in [-0.25, -0.2) is 0 Å². The summed E-state index contributed by atoms with van der Waals surface area (Å²) in [5.41, 5.74) is 0. The fourth-order valence-electron chi connectivity index (χ4n) is 10.3. The summed E-state index contributed by atoms with van der Waals surface area (Å²) in [5.74, 6) is -2.83. The van der Waals surface area contributed by atoms with Crippen molar-refractivity contribution < 1.29 is 51.9 Å². The van der Waals surface area contributed by atoms with Crippen LogP contribution in [0.4, 0.5) is 0 Å². The van der Waals surface area contributed by atoms with E-state index in [2.05, 4.69) is 76.3 Å². The molecule has 0 spiro atoms. The Labute approximate surface area is 527 Å². The average Bonchev–Trinajstić information content (AvgIpc) is 3.60. The third kappa shape index (κ3) is 58.9. The smallest absolute Gasteiger partial charge is 0.393 e. The summed E-state index contributed by atoms with van der Waals surface area (Å²) in [7, 11) is 0. The molecule has 13 heteroatoms. The molecule has 496 valence electrons. The predicted octanol–water partition coefficient (Wildman–Crippen LogP) is 19.6. The molecular weight excluding hydrogens is 1180 g/mol. The van der Waals surface area contributed by atoms with E-state index in [1.54, 1.807) is 0 Å². The van der Waals surface area contributed by atoms with Gasteiger partial charge in [-0.3, -0.25) is 0 Å². The molecule has 0 heterocycles. The monoisotopic (exact) mass is 1310 g/mol. The maximum absolute atomic E-state index is 13.7. The Morgan fingerprint density at radius 2 is 0.459 bits per heavy atom. The van der Waals surface area contributed by atoms with E-state index >= 15 is 0 Å². The molecule has 85 heavy (non-hydrogen) atoms. The minimum atomic E-state index is -6.04. The van der Waals surface area contributed by atoms with Crippen molar-refractivity contribution >= 4 is 43.9 Å². The minimum absolute atomic E-state index is 0.000178. The Kier molecular flexibility index (Phi) is 61.2. The number of allylic oxidation sites excluding steroid dienone is 4. The summed E-state index contributed by atoms with van der Waals surface area (Å²) in [4.78, 5) is 54.8. The van der Waals surface area contributed by atoms with Crippen LogP contribution in [0.15, 0.2) is 48.6 Å². The molecule has 4 atom stereocenters. The molecule has 0 aliphatic carbocycles. The van der Waals surface area contributed by atoms with Crippen molar-refractivity contribution in [3.8, 4) is 0 Å². The molecule has 0 aliphatic rings. The third-order valence-electron chi connectivity index (χ3n) is 15.8. The van der Waals surface area contributed by atoms with Gasteiger partial charge in [-0.15, -0.1) is 0 Å². The summed E-state index contributed by atoms with van der Waals surface area (Å²) >= 11 is -6.04. The first-order valence-electron chi connectivity index (χ1n) is 35.6. The SMILES string of the molecule is CCCCCC[C@@H](O)C/C=C\CCCCCCCC(=O)[O][Sn]([O]C(=O)CCCCCCC/C=C\C[C@H](O)CCCCCC)([O]C(=O)CCCCCCC/C=C\C[C@H](O)CCCCCC)[O]C(=O)CCCCCCC/C=C\C[C@H](O)CCCCCC. The van der Waals surface area contributed by atoms with Crippen molar-refractivity contribution in [2.45, 2.75) is 386 Å². The summed E-state index contributed by atoms with van der Waals surface area (Å²) in [6.07, 6.45) is 60.9. The van der Waals surface area contributed by atoms with Crippen LogP contribution in [0, 0.1) is 0 Å². The van der Waals surface area contributed by atoms with Crippen molar-refractivity contribution in [3.63, 3.8) is 0 Å². The molecule has 0 bridgehead atoms. The van der Waals surface area contributed by atoms with Crippen molar-refractivity contribution in [3.05, 3.63) is 48.6 Å². The van der Waals surface area contributed by atoms with Gasteiger partial charge in [-0.2, -0.15) is 0 Å². The first-order chi connectivity index (χ1) is 41.4. The van der Waals surface area contributed by atoms with E-state index in [4.69, 9.17) is 12.3 Å². The molecule has 0 aromatic rings. The number of rotatable bonds is 64. The van der Waals surface area contributed by atoms with Crippen molar-refractivity contribution in [2.24, 2.45) is 0 Å². The molecule has 12 nitrogen and oxygen atoms in total. The molecule has 0 radical (unpaired) electrons. The summed E-state index contributed by atoms with van der Waals surface area (Å²) in [5, 5.41) is 41.1. The summed E-state index contributed by atoms with van der Waals surface area (Å²) in [6.45, 7) is 8.75. The average molecular weight is 1310 g/mol. The zero-order valence-corrected chi connectivity index (χ0v) is 58.1. The molecule has 0 amide bonds. The normalized spacial score (nSPS) is 13.6. The van der Waals surface area contributed by atoms with E-state index in [9.17, 15) is 39.6 Å². The third-order valence-corrected chi connectivity index (χ3v) is 21.3. The molecule has 0 saturated carbocycles.